The van der Waals surface area contributed by atoms with E-state index in [1.807, 2.05) is 0 Å². The quantitative estimate of drug-likeness (QED) is 0.624. The SMILES string of the molecule is C=CCCC(=O)NCCC1CCNC1. The van der Waals surface area contributed by atoms with E-state index in [1.54, 1.807) is 6.08 Å². The second-order valence-electron chi connectivity index (χ2n) is 3.82. The molecule has 0 aromatic carbocycles. The van der Waals surface area contributed by atoms with Gasteiger partial charge in [0.15, 0.2) is 0 Å². The summed E-state index contributed by atoms with van der Waals surface area (Å²) in [6, 6.07) is 0. The fourth-order valence-electron chi connectivity index (χ4n) is 1.70. The van der Waals surface area contributed by atoms with E-state index in [-0.39, 0.29) is 5.91 Å². The molecule has 1 aliphatic rings. The number of amides is 1. The number of allylic oxidation sites excluding steroid dienone is 1. The third kappa shape index (κ3) is 4.42. The number of hydrogen-bond donors (Lipinski definition) is 2. The van der Waals surface area contributed by atoms with Crippen molar-refractivity contribution in [3.8, 4) is 0 Å². The van der Waals surface area contributed by atoms with Crippen LogP contribution in [0.3, 0.4) is 0 Å². The average Bonchev–Trinajstić information content (AvgIpc) is 2.67. The first-order valence-corrected chi connectivity index (χ1v) is 5.41. The van der Waals surface area contributed by atoms with Crippen molar-refractivity contribution in [2.45, 2.75) is 25.7 Å². The van der Waals surface area contributed by atoms with E-state index in [0.717, 1.165) is 38.4 Å². The van der Waals surface area contributed by atoms with Crippen molar-refractivity contribution < 1.29 is 4.79 Å². The predicted molar refractivity (Wildman–Crippen MR) is 58.0 cm³/mol. The summed E-state index contributed by atoms with van der Waals surface area (Å²) in [5.74, 6) is 0.908. The Bertz CT molecular complexity index is 186. The zero-order valence-corrected chi connectivity index (χ0v) is 8.72. The molecule has 3 heteroatoms. The Balaban J connectivity index is 1.96. The molecule has 0 spiro atoms. The van der Waals surface area contributed by atoms with Crippen LogP contribution in [-0.2, 0) is 4.79 Å². The normalized spacial score (nSPS) is 20.7. The minimum absolute atomic E-state index is 0.149. The molecular weight excluding hydrogens is 176 g/mol. The highest BCUT2D eigenvalue weighted by Gasteiger charge is 2.13. The molecule has 1 fully saturated rings. The molecule has 0 aromatic heterocycles. The van der Waals surface area contributed by atoms with Crippen molar-refractivity contribution in [2.75, 3.05) is 19.6 Å². The molecule has 0 bridgehead atoms. The summed E-state index contributed by atoms with van der Waals surface area (Å²) in [7, 11) is 0. The van der Waals surface area contributed by atoms with Gasteiger partial charge in [-0.25, -0.2) is 0 Å². The summed E-state index contributed by atoms with van der Waals surface area (Å²) in [6.45, 7) is 6.66. The van der Waals surface area contributed by atoms with Crippen LogP contribution < -0.4 is 10.6 Å². The highest BCUT2D eigenvalue weighted by molar-refractivity contribution is 5.75. The topological polar surface area (TPSA) is 41.1 Å². The molecule has 1 saturated heterocycles. The second kappa shape index (κ2) is 6.60. The van der Waals surface area contributed by atoms with Crippen LogP contribution in [0.2, 0.25) is 0 Å². The lowest BCUT2D eigenvalue weighted by Crippen LogP contribution is -2.25. The van der Waals surface area contributed by atoms with Crippen molar-refractivity contribution in [1.29, 1.82) is 0 Å². The van der Waals surface area contributed by atoms with E-state index >= 15 is 0 Å². The van der Waals surface area contributed by atoms with Crippen molar-refractivity contribution in [3.05, 3.63) is 12.7 Å². The summed E-state index contributed by atoms with van der Waals surface area (Å²) in [5, 5.41) is 6.25. The lowest BCUT2D eigenvalue weighted by molar-refractivity contribution is -0.121. The Kier molecular flexibility index (Phi) is 5.30. The molecular formula is C11H20N2O. The van der Waals surface area contributed by atoms with E-state index in [9.17, 15) is 4.79 Å². The highest BCUT2D eigenvalue weighted by Crippen LogP contribution is 2.10. The van der Waals surface area contributed by atoms with Crippen LogP contribution in [0.4, 0.5) is 0 Å². The molecule has 1 rings (SSSR count). The monoisotopic (exact) mass is 196 g/mol. The third-order valence-corrected chi connectivity index (χ3v) is 2.61. The smallest absolute Gasteiger partial charge is 0.220 e. The minimum Gasteiger partial charge on any atom is -0.356 e. The summed E-state index contributed by atoms with van der Waals surface area (Å²) in [4.78, 5) is 11.2. The molecule has 2 N–H and O–H groups in total. The van der Waals surface area contributed by atoms with Crippen LogP contribution in [0.25, 0.3) is 0 Å². The summed E-state index contributed by atoms with van der Waals surface area (Å²) < 4.78 is 0. The summed E-state index contributed by atoms with van der Waals surface area (Å²) >= 11 is 0. The zero-order valence-electron chi connectivity index (χ0n) is 8.72. The molecule has 3 nitrogen and oxygen atoms in total. The van der Waals surface area contributed by atoms with Gasteiger partial charge in [-0.1, -0.05) is 6.08 Å². The first-order chi connectivity index (χ1) is 6.83. The molecule has 14 heavy (non-hydrogen) atoms. The van der Waals surface area contributed by atoms with Gasteiger partial charge >= 0.3 is 0 Å². The molecule has 1 unspecified atom stereocenters. The molecule has 0 radical (unpaired) electrons. The van der Waals surface area contributed by atoms with Crippen LogP contribution >= 0.6 is 0 Å². The fraction of sp³-hybridized carbons (Fsp3) is 0.727. The van der Waals surface area contributed by atoms with Gasteiger partial charge < -0.3 is 10.6 Å². The van der Waals surface area contributed by atoms with Crippen LogP contribution in [0.1, 0.15) is 25.7 Å². The molecule has 0 aromatic rings. The predicted octanol–water partition coefficient (Wildman–Crippen LogP) is 1.07. The average molecular weight is 196 g/mol. The van der Waals surface area contributed by atoms with Gasteiger partial charge in [-0.3, -0.25) is 4.79 Å². The Labute approximate surface area is 86.0 Å². The van der Waals surface area contributed by atoms with Crippen molar-refractivity contribution in [2.24, 2.45) is 5.92 Å². The Morgan fingerprint density at radius 3 is 3.14 bits per heavy atom. The van der Waals surface area contributed by atoms with Gasteiger partial charge in [0.25, 0.3) is 0 Å². The molecule has 0 aliphatic carbocycles. The minimum atomic E-state index is 0.149. The Morgan fingerprint density at radius 1 is 1.64 bits per heavy atom. The van der Waals surface area contributed by atoms with Gasteiger partial charge in [-0.05, 0) is 38.3 Å². The maximum absolute atomic E-state index is 11.2. The molecule has 0 saturated carbocycles. The van der Waals surface area contributed by atoms with E-state index in [1.165, 1.54) is 6.42 Å². The number of carbonyl (C=O) groups excluding carboxylic acids is 1. The molecule has 1 amide bonds. The number of hydrogen-bond acceptors (Lipinski definition) is 2. The van der Waals surface area contributed by atoms with Gasteiger partial charge in [0.2, 0.25) is 5.91 Å². The Hall–Kier alpha value is -0.830. The number of carbonyl (C=O) groups is 1. The van der Waals surface area contributed by atoms with Gasteiger partial charge in [0, 0.05) is 13.0 Å². The van der Waals surface area contributed by atoms with Crippen LogP contribution in [0, 0.1) is 5.92 Å². The maximum Gasteiger partial charge on any atom is 0.220 e. The zero-order chi connectivity index (χ0) is 10.2. The second-order valence-corrected chi connectivity index (χ2v) is 3.82. The number of rotatable bonds is 6. The van der Waals surface area contributed by atoms with Gasteiger partial charge in [-0.2, -0.15) is 0 Å². The lowest BCUT2D eigenvalue weighted by Gasteiger charge is -2.08. The first kappa shape index (κ1) is 11.2. The van der Waals surface area contributed by atoms with Crippen LogP contribution in [0.15, 0.2) is 12.7 Å². The maximum atomic E-state index is 11.2. The van der Waals surface area contributed by atoms with Crippen molar-refractivity contribution in [1.82, 2.24) is 10.6 Å². The van der Waals surface area contributed by atoms with E-state index in [0.29, 0.717) is 6.42 Å². The molecule has 1 heterocycles. The number of nitrogens with one attached hydrogen (secondary N) is 2. The van der Waals surface area contributed by atoms with Crippen LogP contribution in [-0.4, -0.2) is 25.5 Å². The highest BCUT2D eigenvalue weighted by atomic mass is 16.1. The Morgan fingerprint density at radius 2 is 2.50 bits per heavy atom. The van der Waals surface area contributed by atoms with Crippen LogP contribution in [0.5, 0.6) is 0 Å². The van der Waals surface area contributed by atoms with Gasteiger partial charge in [-0.15, -0.1) is 6.58 Å². The van der Waals surface area contributed by atoms with E-state index in [4.69, 9.17) is 0 Å². The molecule has 1 aliphatic heterocycles. The van der Waals surface area contributed by atoms with Gasteiger partial charge in [0.1, 0.15) is 0 Å². The lowest BCUT2D eigenvalue weighted by atomic mass is 10.1. The summed E-state index contributed by atoms with van der Waals surface area (Å²) in [5.41, 5.74) is 0. The third-order valence-electron chi connectivity index (χ3n) is 2.61. The van der Waals surface area contributed by atoms with E-state index < -0.39 is 0 Å². The molecule has 1 atom stereocenters. The fourth-order valence-corrected chi connectivity index (χ4v) is 1.70. The van der Waals surface area contributed by atoms with Crippen molar-refractivity contribution >= 4 is 5.91 Å². The standard InChI is InChI=1S/C11H20N2O/c1-2-3-4-11(14)13-8-6-10-5-7-12-9-10/h2,10,12H,1,3-9H2,(H,13,14). The van der Waals surface area contributed by atoms with Gasteiger partial charge in [0.05, 0.1) is 0 Å². The molecule has 80 valence electrons. The largest absolute Gasteiger partial charge is 0.356 e. The summed E-state index contributed by atoms with van der Waals surface area (Å²) in [6.07, 6.45) is 5.49. The van der Waals surface area contributed by atoms with Crippen molar-refractivity contribution in [3.63, 3.8) is 0 Å². The first-order valence-electron chi connectivity index (χ1n) is 5.41. The van der Waals surface area contributed by atoms with E-state index in [2.05, 4.69) is 17.2 Å².